The fourth-order valence-corrected chi connectivity index (χ4v) is 2.28. The molecular weight excluding hydrogens is 330 g/mol. The van der Waals surface area contributed by atoms with Crippen LogP contribution in [0.2, 0.25) is 5.02 Å². The number of phenolic OH excluding ortho intramolecular Hbond substituents is 1. The second-order valence-electron chi connectivity index (χ2n) is 5.18. The first kappa shape index (κ1) is 17.8. The highest BCUT2D eigenvalue weighted by Gasteiger charge is 2.10. The van der Waals surface area contributed by atoms with E-state index >= 15 is 0 Å². The summed E-state index contributed by atoms with van der Waals surface area (Å²) in [7, 11) is 1.43. The molecule has 0 saturated carbocycles. The van der Waals surface area contributed by atoms with Crippen molar-refractivity contribution in [2.24, 2.45) is 0 Å². The van der Waals surface area contributed by atoms with Gasteiger partial charge in [0.2, 0.25) is 0 Å². The number of carbonyl (C=O) groups is 2. The summed E-state index contributed by atoms with van der Waals surface area (Å²) >= 11 is 5.77. The SMILES string of the molecule is COc1cc(C(=O)CCCNC(=O)c2ccc(Cl)cc2)ccc1O. The molecule has 126 valence electrons. The zero-order valence-corrected chi connectivity index (χ0v) is 14.0. The van der Waals surface area contributed by atoms with Gasteiger partial charge in [0.05, 0.1) is 7.11 Å². The van der Waals surface area contributed by atoms with E-state index in [2.05, 4.69) is 5.32 Å². The molecule has 0 unspecified atom stereocenters. The average Bonchev–Trinajstić information content (AvgIpc) is 2.59. The Bertz CT molecular complexity index is 728. The van der Waals surface area contributed by atoms with Crippen molar-refractivity contribution in [2.75, 3.05) is 13.7 Å². The molecular formula is C18H18ClNO4. The number of halogens is 1. The Kier molecular flexibility index (Phi) is 6.21. The number of amides is 1. The van der Waals surface area contributed by atoms with Gasteiger partial charge in [-0.25, -0.2) is 0 Å². The van der Waals surface area contributed by atoms with Crippen LogP contribution in [0.4, 0.5) is 0 Å². The number of hydrogen-bond donors (Lipinski definition) is 2. The lowest BCUT2D eigenvalue weighted by atomic mass is 10.1. The number of rotatable bonds is 7. The molecule has 6 heteroatoms. The number of benzene rings is 2. The maximum absolute atomic E-state index is 12.1. The Labute approximate surface area is 145 Å². The van der Waals surface area contributed by atoms with Crippen LogP contribution in [0.15, 0.2) is 42.5 Å². The number of ketones is 1. The summed E-state index contributed by atoms with van der Waals surface area (Å²) in [6, 6.07) is 11.1. The number of hydrogen-bond acceptors (Lipinski definition) is 4. The smallest absolute Gasteiger partial charge is 0.251 e. The Morgan fingerprint density at radius 2 is 1.79 bits per heavy atom. The number of Topliss-reactive ketones (excluding diaryl/α,β-unsaturated/α-hetero) is 1. The quantitative estimate of drug-likeness (QED) is 0.594. The van der Waals surface area contributed by atoms with Gasteiger partial charge in [-0.3, -0.25) is 9.59 Å². The lowest BCUT2D eigenvalue weighted by molar-refractivity contribution is 0.0938. The van der Waals surface area contributed by atoms with Crippen LogP contribution in [-0.4, -0.2) is 30.5 Å². The van der Waals surface area contributed by atoms with Crippen molar-refractivity contribution in [3.8, 4) is 11.5 Å². The molecule has 0 aliphatic carbocycles. The van der Waals surface area contributed by atoms with Gasteiger partial charge in [0.15, 0.2) is 17.3 Å². The van der Waals surface area contributed by atoms with Gasteiger partial charge in [0.25, 0.3) is 5.91 Å². The molecule has 0 saturated heterocycles. The van der Waals surface area contributed by atoms with E-state index in [9.17, 15) is 14.7 Å². The highest BCUT2D eigenvalue weighted by Crippen LogP contribution is 2.26. The van der Waals surface area contributed by atoms with Crippen LogP contribution in [0.3, 0.4) is 0 Å². The van der Waals surface area contributed by atoms with Crippen molar-refractivity contribution < 1.29 is 19.4 Å². The van der Waals surface area contributed by atoms with Gasteiger partial charge >= 0.3 is 0 Å². The van der Waals surface area contributed by atoms with E-state index < -0.39 is 0 Å². The lowest BCUT2D eigenvalue weighted by Crippen LogP contribution is -2.24. The van der Waals surface area contributed by atoms with Crippen LogP contribution in [0.5, 0.6) is 11.5 Å². The van der Waals surface area contributed by atoms with Crippen LogP contribution in [0.25, 0.3) is 0 Å². The molecule has 2 N–H and O–H groups in total. The highest BCUT2D eigenvalue weighted by molar-refractivity contribution is 6.30. The van der Waals surface area contributed by atoms with Gasteiger partial charge in [-0.2, -0.15) is 0 Å². The van der Waals surface area contributed by atoms with Crippen molar-refractivity contribution in [2.45, 2.75) is 12.8 Å². The maximum atomic E-state index is 12.1. The third-order valence-corrected chi connectivity index (χ3v) is 3.73. The molecule has 0 aromatic heterocycles. The molecule has 2 aromatic carbocycles. The normalized spacial score (nSPS) is 10.2. The molecule has 0 atom stereocenters. The first-order chi connectivity index (χ1) is 11.5. The third-order valence-electron chi connectivity index (χ3n) is 3.47. The molecule has 2 rings (SSSR count). The predicted octanol–water partition coefficient (Wildman–Crippen LogP) is 3.45. The van der Waals surface area contributed by atoms with Crippen molar-refractivity contribution >= 4 is 23.3 Å². The summed E-state index contributed by atoms with van der Waals surface area (Å²) in [5.74, 6) is -0.0272. The summed E-state index contributed by atoms with van der Waals surface area (Å²) in [6.07, 6.45) is 0.802. The van der Waals surface area contributed by atoms with Crippen molar-refractivity contribution in [3.05, 3.63) is 58.6 Å². The Balaban J connectivity index is 1.80. The van der Waals surface area contributed by atoms with E-state index in [1.807, 2.05) is 0 Å². The standard InChI is InChI=1S/C18H18ClNO4/c1-24-17-11-13(6-9-16(17)22)15(21)3-2-10-20-18(23)12-4-7-14(19)8-5-12/h4-9,11,22H,2-3,10H2,1H3,(H,20,23). The molecule has 0 aliphatic rings. The van der Waals surface area contributed by atoms with Gasteiger partial charge in [0, 0.05) is 29.1 Å². The van der Waals surface area contributed by atoms with Crippen molar-refractivity contribution in [1.29, 1.82) is 0 Å². The summed E-state index contributed by atoms with van der Waals surface area (Å²) in [5.41, 5.74) is 0.989. The van der Waals surface area contributed by atoms with Crippen LogP contribution in [0.1, 0.15) is 33.6 Å². The van der Waals surface area contributed by atoms with E-state index in [0.717, 1.165) is 0 Å². The van der Waals surface area contributed by atoms with Crippen LogP contribution in [-0.2, 0) is 0 Å². The molecule has 1 amide bonds. The second-order valence-corrected chi connectivity index (χ2v) is 5.61. The minimum Gasteiger partial charge on any atom is -0.504 e. The monoisotopic (exact) mass is 347 g/mol. The van der Waals surface area contributed by atoms with Gasteiger partial charge in [0.1, 0.15) is 0 Å². The van der Waals surface area contributed by atoms with Crippen LogP contribution < -0.4 is 10.1 Å². The first-order valence-corrected chi connectivity index (χ1v) is 7.83. The van der Waals surface area contributed by atoms with Crippen LogP contribution >= 0.6 is 11.6 Å². The molecule has 0 spiro atoms. The molecule has 24 heavy (non-hydrogen) atoms. The van der Waals surface area contributed by atoms with E-state index in [1.54, 1.807) is 30.3 Å². The van der Waals surface area contributed by atoms with Crippen molar-refractivity contribution in [1.82, 2.24) is 5.32 Å². The van der Waals surface area contributed by atoms with Gasteiger partial charge in [-0.15, -0.1) is 0 Å². The minimum absolute atomic E-state index is 0.00993. The van der Waals surface area contributed by atoms with Gasteiger partial charge < -0.3 is 15.2 Å². The maximum Gasteiger partial charge on any atom is 0.251 e. The lowest BCUT2D eigenvalue weighted by Gasteiger charge is -2.07. The van der Waals surface area contributed by atoms with E-state index in [-0.39, 0.29) is 29.6 Å². The molecule has 0 radical (unpaired) electrons. The topological polar surface area (TPSA) is 75.6 Å². The third kappa shape index (κ3) is 4.73. The fraction of sp³-hybridized carbons (Fsp3) is 0.222. The molecule has 0 aliphatic heterocycles. The summed E-state index contributed by atoms with van der Waals surface area (Å²) in [6.45, 7) is 0.391. The van der Waals surface area contributed by atoms with Gasteiger partial charge in [-0.1, -0.05) is 11.6 Å². The highest BCUT2D eigenvalue weighted by atomic mass is 35.5. The molecule has 2 aromatic rings. The van der Waals surface area contributed by atoms with Crippen LogP contribution in [0, 0.1) is 0 Å². The predicted molar refractivity (Wildman–Crippen MR) is 92.0 cm³/mol. The minimum atomic E-state index is -0.203. The zero-order valence-electron chi connectivity index (χ0n) is 13.2. The summed E-state index contributed by atoms with van der Waals surface area (Å²) < 4.78 is 4.98. The largest absolute Gasteiger partial charge is 0.504 e. The molecule has 5 nitrogen and oxygen atoms in total. The van der Waals surface area contributed by atoms with E-state index in [4.69, 9.17) is 16.3 Å². The molecule has 0 heterocycles. The Hall–Kier alpha value is -2.53. The number of aromatic hydroxyl groups is 1. The molecule has 0 bridgehead atoms. The number of phenols is 1. The molecule has 0 fully saturated rings. The number of carbonyl (C=O) groups excluding carboxylic acids is 2. The number of ether oxygens (including phenoxy) is 1. The second kappa shape index (κ2) is 8.36. The Morgan fingerprint density at radius 3 is 2.46 bits per heavy atom. The Morgan fingerprint density at radius 1 is 1.12 bits per heavy atom. The van der Waals surface area contributed by atoms with E-state index in [1.165, 1.54) is 19.2 Å². The zero-order chi connectivity index (χ0) is 17.5. The average molecular weight is 348 g/mol. The number of methoxy groups -OCH3 is 1. The number of nitrogens with one attached hydrogen (secondary N) is 1. The summed E-state index contributed by atoms with van der Waals surface area (Å²) in [4.78, 5) is 24.0. The van der Waals surface area contributed by atoms with Gasteiger partial charge in [-0.05, 0) is 48.9 Å². The van der Waals surface area contributed by atoms with Crippen molar-refractivity contribution in [3.63, 3.8) is 0 Å². The van der Waals surface area contributed by atoms with E-state index in [0.29, 0.717) is 29.1 Å². The first-order valence-electron chi connectivity index (χ1n) is 7.45. The fourth-order valence-electron chi connectivity index (χ4n) is 2.15. The summed E-state index contributed by atoms with van der Waals surface area (Å²) in [5, 5.41) is 12.9.